The van der Waals surface area contributed by atoms with E-state index in [4.69, 9.17) is 5.73 Å². The second-order valence-electron chi connectivity index (χ2n) is 4.36. The number of aromatic nitrogens is 3. The highest BCUT2D eigenvalue weighted by Crippen LogP contribution is 2.35. The second kappa shape index (κ2) is 4.14. The van der Waals surface area contributed by atoms with Gasteiger partial charge in [0.15, 0.2) is 5.82 Å². The smallest absolute Gasteiger partial charge is 0.150 e. The molecular weight excluding hydrogens is 280 g/mol. The third-order valence-electron chi connectivity index (χ3n) is 3.27. The van der Waals surface area contributed by atoms with Crippen LogP contribution in [0.5, 0.6) is 0 Å². The predicted octanol–water partition coefficient (Wildman–Crippen LogP) is 3.01. The van der Waals surface area contributed by atoms with Crippen LogP contribution in [-0.2, 0) is 0 Å². The van der Waals surface area contributed by atoms with Crippen molar-refractivity contribution in [2.45, 2.75) is 25.3 Å². The quantitative estimate of drug-likeness (QED) is 0.926. The first kappa shape index (κ1) is 10.8. The minimum atomic E-state index is 0.451. The number of hydrogen-bond acceptors (Lipinski definition) is 3. The van der Waals surface area contributed by atoms with Crippen LogP contribution in [0.3, 0.4) is 0 Å². The molecular formula is C12H13BrN4. The number of halogens is 1. The number of nitrogen functional groups attached to an aromatic ring is 1. The van der Waals surface area contributed by atoms with Crippen LogP contribution in [0.2, 0.25) is 0 Å². The standard InChI is InChI=1S/C12H13BrN4/c13-9-6-4-8(5-7-9)11-12(14)17(16-15-11)10-2-1-3-10/h4-7,10H,1-3,14H2. The van der Waals surface area contributed by atoms with Crippen molar-refractivity contribution in [3.8, 4) is 11.3 Å². The Kier molecular flexibility index (Phi) is 2.63. The molecule has 0 radical (unpaired) electrons. The number of nitrogens with zero attached hydrogens (tertiary/aromatic N) is 3. The third kappa shape index (κ3) is 1.84. The van der Waals surface area contributed by atoms with Crippen molar-refractivity contribution in [3.05, 3.63) is 28.7 Å². The SMILES string of the molecule is Nc1c(-c2ccc(Br)cc2)nnn1C1CCC1. The average molecular weight is 293 g/mol. The van der Waals surface area contributed by atoms with Gasteiger partial charge in [0.1, 0.15) is 5.69 Å². The summed E-state index contributed by atoms with van der Waals surface area (Å²) in [6.45, 7) is 0. The summed E-state index contributed by atoms with van der Waals surface area (Å²) in [7, 11) is 0. The highest BCUT2D eigenvalue weighted by atomic mass is 79.9. The molecule has 1 fully saturated rings. The van der Waals surface area contributed by atoms with Crippen molar-refractivity contribution >= 4 is 21.7 Å². The summed E-state index contributed by atoms with van der Waals surface area (Å²) in [6.07, 6.45) is 3.58. The molecule has 0 spiro atoms. The number of rotatable bonds is 2. The van der Waals surface area contributed by atoms with Gasteiger partial charge in [0, 0.05) is 10.0 Å². The molecule has 1 saturated carbocycles. The number of benzene rings is 1. The van der Waals surface area contributed by atoms with Gasteiger partial charge >= 0.3 is 0 Å². The Hall–Kier alpha value is -1.36. The highest BCUT2D eigenvalue weighted by Gasteiger charge is 2.24. The van der Waals surface area contributed by atoms with Crippen molar-refractivity contribution < 1.29 is 0 Å². The lowest BCUT2D eigenvalue weighted by Gasteiger charge is -2.25. The maximum Gasteiger partial charge on any atom is 0.150 e. The van der Waals surface area contributed by atoms with Gasteiger partial charge in [-0.1, -0.05) is 33.3 Å². The first-order chi connectivity index (χ1) is 8.25. The van der Waals surface area contributed by atoms with Crippen LogP contribution in [0.4, 0.5) is 5.82 Å². The van der Waals surface area contributed by atoms with E-state index in [2.05, 4.69) is 26.2 Å². The van der Waals surface area contributed by atoms with Gasteiger partial charge in [-0.3, -0.25) is 0 Å². The van der Waals surface area contributed by atoms with E-state index in [9.17, 15) is 0 Å². The molecule has 1 aliphatic carbocycles. The molecule has 0 saturated heterocycles. The maximum absolute atomic E-state index is 6.11. The fraction of sp³-hybridized carbons (Fsp3) is 0.333. The van der Waals surface area contributed by atoms with Crippen LogP contribution in [0.1, 0.15) is 25.3 Å². The largest absolute Gasteiger partial charge is 0.382 e. The monoisotopic (exact) mass is 292 g/mol. The zero-order chi connectivity index (χ0) is 11.8. The zero-order valence-electron chi connectivity index (χ0n) is 9.31. The molecule has 88 valence electrons. The maximum atomic E-state index is 6.11. The molecule has 1 aromatic carbocycles. The molecule has 0 atom stereocenters. The molecule has 5 heteroatoms. The van der Waals surface area contributed by atoms with Gasteiger partial charge in [-0.2, -0.15) is 0 Å². The molecule has 1 aromatic heterocycles. The van der Waals surface area contributed by atoms with Gasteiger partial charge in [0.2, 0.25) is 0 Å². The van der Waals surface area contributed by atoms with Crippen molar-refractivity contribution in [3.63, 3.8) is 0 Å². The molecule has 2 N–H and O–H groups in total. The lowest BCUT2D eigenvalue weighted by Crippen LogP contribution is -2.19. The summed E-state index contributed by atoms with van der Waals surface area (Å²) in [5.41, 5.74) is 7.90. The zero-order valence-corrected chi connectivity index (χ0v) is 10.9. The Balaban J connectivity index is 1.97. The van der Waals surface area contributed by atoms with E-state index in [0.717, 1.165) is 28.6 Å². The molecule has 1 aliphatic rings. The van der Waals surface area contributed by atoms with Crippen LogP contribution in [0, 0.1) is 0 Å². The summed E-state index contributed by atoms with van der Waals surface area (Å²) < 4.78 is 2.91. The van der Waals surface area contributed by atoms with Crippen molar-refractivity contribution in [2.24, 2.45) is 0 Å². The molecule has 0 unspecified atom stereocenters. The molecule has 0 bridgehead atoms. The van der Waals surface area contributed by atoms with Crippen LogP contribution < -0.4 is 5.73 Å². The molecule has 4 nitrogen and oxygen atoms in total. The average Bonchev–Trinajstić information content (AvgIpc) is 2.60. The lowest BCUT2D eigenvalue weighted by atomic mass is 9.93. The van der Waals surface area contributed by atoms with Crippen LogP contribution in [0.15, 0.2) is 28.7 Å². The topological polar surface area (TPSA) is 56.7 Å². The van der Waals surface area contributed by atoms with Gasteiger partial charge in [0.25, 0.3) is 0 Å². The fourth-order valence-electron chi connectivity index (χ4n) is 2.02. The van der Waals surface area contributed by atoms with Crippen molar-refractivity contribution in [2.75, 3.05) is 5.73 Å². The normalized spacial score (nSPS) is 15.8. The van der Waals surface area contributed by atoms with E-state index in [1.807, 2.05) is 28.9 Å². The Bertz CT molecular complexity index is 528. The molecule has 2 aromatic rings. The van der Waals surface area contributed by atoms with Crippen molar-refractivity contribution in [1.82, 2.24) is 15.0 Å². The van der Waals surface area contributed by atoms with Gasteiger partial charge in [-0.05, 0) is 31.4 Å². The van der Waals surface area contributed by atoms with Gasteiger partial charge in [-0.15, -0.1) is 5.10 Å². The minimum Gasteiger partial charge on any atom is -0.382 e. The summed E-state index contributed by atoms with van der Waals surface area (Å²) in [5.74, 6) is 0.678. The minimum absolute atomic E-state index is 0.451. The summed E-state index contributed by atoms with van der Waals surface area (Å²) in [6, 6.07) is 8.41. The Labute approximate surface area is 108 Å². The van der Waals surface area contributed by atoms with E-state index < -0.39 is 0 Å². The Morgan fingerprint density at radius 3 is 2.53 bits per heavy atom. The molecule has 17 heavy (non-hydrogen) atoms. The number of hydrogen-bond donors (Lipinski definition) is 1. The van der Waals surface area contributed by atoms with Gasteiger partial charge in [0.05, 0.1) is 6.04 Å². The lowest BCUT2D eigenvalue weighted by molar-refractivity contribution is 0.288. The van der Waals surface area contributed by atoms with E-state index in [-0.39, 0.29) is 0 Å². The van der Waals surface area contributed by atoms with Crippen LogP contribution >= 0.6 is 15.9 Å². The van der Waals surface area contributed by atoms with Gasteiger partial charge in [-0.25, -0.2) is 4.68 Å². The summed E-state index contributed by atoms with van der Waals surface area (Å²) in [4.78, 5) is 0. The van der Waals surface area contributed by atoms with E-state index in [0.29, 0.717) is 11.9 Å². The summed E-state index contributed by atoms with van der Waals surface area (Å²) >= 11 is 3.41. The third-order valence-corrected chi connectivity index (χ3v) is 3.80. The summed E-state index contributed by atoms with van der Waals surface area (Å²) in [5, 5.41) is 8.36. The number of anilines is 1. The van der Waals surface area contributed by atoms with Crippen molar-refractivity contribution in [1.29, 1.82) is 0 Å². The Morgan fingerprint density at radius 1 is 1.24 bits per heavy atom. The van der Waals surface area contributed by atoms with Crippen LogP contribution in [0.25, 0.3) is 11.3 Å². The van der Waals surface area contributed by atoms with E-state index in [1.165, 1.54) is 6.42 Å². The highest BCUT2D eigenvalue weighted by molar-refractivity contribution is 9.10. The predicted molar refractivity (Wildman–Crippen MR) is 70.5 cm³/mol. The van der Waals surface area contributed by atoms with Gasteiger partial charge < -0.3 is 5.73 Å². The Morgan fingerprint density at radius 2 is 1.94 bits per heavy atom. The number of nitrogens with two attached hydrogens (primary N) is 1. The first-order valence-electron chi connectivity index (χ1n) is 5.72. The van der Waals surface area contributed by atoms with Crippen LogP contribution in [-0.4, -0.2) is 15.0 Å². The molecule has 0 aliphatic heterocycles. The molecule has 3 rings (SSSR count). The molecule has 1 heterocycles. The first-order valence-corrected chi connectivity index (χ1v) is 6.51. The van der Waals surface area contributed by atoms with E-state index in [1.54, 1.807) is 0 Å². The second-order valence-corrected chi connectivity index (χ2v) is 5.28. The molecule has 0 amide bonds. The van der Waals surface area contributed by atoms with E-state index >= 15 is 0 Å². The fourth-order valence-corrected chi connectivity index (χ4v) is 2.28.